The summed E-state index contributed by atoms with van der Waals surface area (Å²) in [5.41, 5.74) is 0.169. The monoisotopic (exact) mass is 294 g/mol. The van der Waals surface area contributed by atoms with Crippen LogP contribution >= 0.6 is 0 Å². The van der Waals surface area contributed by atoms with Gasteiger partial charge in [-0.05, 0) is 51.9 Å². The Morgan fingerprint density at radius 1 is 0.952 bits per heavy atom. The summed E-state index contributed by atoms with van der Waals surface area (Å²) in [5, 5.41) is 3.57. The van der Waals surface area contributed by atoms with Crippen molar-refractivity contribution in [1.82, 2.24) is 10.2 Å². The summed E-state index contributed by atoms with van der Waals surface area (Å²) < 4.78 is 0. The molecule has 0 bridgehead atoms. The molecule has 122 valence electrons. The van der Waals surface area contributed by atoms with Crippen LogP contribution in [0.25, 0.3) is 0 Å². The molecule has 1 amide bonds. The molecule has 0 saturated carbocycles. The summed E-state index contributed by atoms with van der Waals surface area (Å²) in [4.78, 5) is 15.4. The lowest BCUT2D eigenvalue weighted by Crippen LogP contribution is -2.57. The van der Waals surface area contributed by atoms with Crippen LogP contribution in [0.4, 0.5) is 0 Å². The molecule has 1 N–H and O–H groups in total. The Hall–Kier alpha value is -0.570. The molecule has 3 nitrogen and oxygen atoms in total. The molecule has 3 unspecified atom stereocenters. The molecule has 2 aliphatic rings. The first-order valence-electron chi connectivity index (χ1n) is 8.69. The van der Waals surface area contributed by atoms with Crippen LogP contribution in [-0.4, -0.2) is 34.5 Å². The molecule has 0 aromatic rings. The van der Waals surface area contributed by atoms with Gasteiger partial charge in [0.2, 0.25) is 5.91 Å². The summed E-state index contributed by atoms with van der Waals surface area (Å²) in [6, 6.07) is 0.874. The van der Waals surface area contributed by atoms with Crippen LogP contribution in [0.2, 0.25) is 0 Å². The highest BCUT2D eigenvalue weighted by Crippen LogP contribution is 2.39. The first kappa shape index (κ1) is 16.8. The van der Waals surface area contributed by atoms with Gasteiger partial charge in [-0.2, -0.15) is 0 Å². The third-order valence-corrected chi connectivity index (χ3v) is 4.94. The molecule has 2 fully saturated rings. The van der Waals surface area contributed by atoms with Crippen molar-refractivity contribution in [3.63, 3.8) is 0 Å². The van der Waals surface area contributed by atoms with E-state index in [4.69, 9.17) is 0 Å². The van der Waals surface area contributed by atoms with E-state index in [-0.39, 0.29) is 17.0 Å². The van der Waals surface area contributed by atoms with Crippen molar-refractivity contribution >= 4 is 5.91 Å². The molecule has 2 heterocycles. The van der Waals surface area contributed by atoms with E-state index in [1.54, 1.807) is 0 Å². The molecular formula is C18H34N2O. The first-order chi connectivity index (χ1) is 9.59. The van der Waals surface area contributed by atoms with Gasteiger partial charge in [-0.1, -0.05) is 33.6 Å². The van der Waals surface area contributed by atoms with Gasteiger partial charge in [0, 0.05) is 17.6 Å². The molecule has 3 heteroatoms. The standard InChI is InChI=1S/C18H34N2O/c1-17(2,3)15-12-11-13-9-7-8-10-14(16(21)20(13)15)19-18(4,5)6/h13-15,19H,7-12H2,1-6H3. The largest absolute Gasteiger partial charge is 0.335 e. The molecule has 2 saturated heterocycles. The third kappa shape index (κ3) is 4.00. The second-order valence-electron chi connectivity index (χ2n) is 9.09. The lowest BCUT2D eigenvalue weighted by molar-refractivity contribution is -0.140. The molecule has 2 rings (SSSR count). The summed E-state index contributed by atoms with van der Waals surface area (Å²) >= 11 is 0. The highest BCUT2D eigenvalue weighted by molar-refractivity contribution is 5.83. The van der Waals surface area contributed by atoms with Gasteiger partial charge in [0.25, 0.3) is 0 Å². The molecule has 0 aliphatic carbocycles. The van der Waals surface area contributed by atoms with Crippen LogP contribution in [0.3, 0.4) is 0 Å². The average molecular weight is 294 g/mol. The fourth-order valence-corrected chi connectivity index (χ4v) is 4.04. The number of rotatable bonds is 1. The number of hydrogen-bond donors (Lipinski definition) is 1. The predicted octanol–water partition coefficient (Wildman–Crippen LogP) is 3.72. The predicted molar refractivity (Wildman–Crippen MR) is 88.3 cm³/mol. The van der Waals surface area contributed by atoms with Crippen molar-refractivity contribution in [2.75, 3.05) is 0 Å². The van der Waals surface area contributed by atoms with Crippen LogP contribution < -0.4 is 5.32 Å². The van der Waals surface area contributed by atoms with E-state index in [0.29, 0.717) is 18.0 Å². The third-order valence-electron chi connectivity index (χ3n) is 4.94. The van der Waals surface area contributed by atoms with E-state index in [1.165, 1.54) is 32.1 Å². The molecule has 0 spiro atoms. The van der Waals surface area contributed by atoms with Gasteiger partial charge in [0.15, 0.2) is 0 Å². The Morgan fingerprint density at radius 3 is 2.14 bits per heavy atom. The molecule has 21 heavy (non-hydrogen) atoms. The van der Waals surface area contributed by atoms with Crippen molar-refractivity contribution in [2.45, 2.75) is 104 Å². The van der Waals surface area contributed by atoms with Gasteiger partial charge in [-0.25, -0.2) is 0 Å². The van der Waals surface area contributed by atoms with Gasteiger partial charge < -0.3 is 10.2 Å². The van der Waals surface area contributed by atoms with Gasteiger partial charge in [-0.15, -0.1) is 0 Å². The molecule has 0 aromatic carbocycles. The summed E-state index contributed by atoms with van der Waals surface area (Å²) in [6.45, 7) is 13.3. The summed E-state index contributed by atoms with van der Waals surface area (Å²) in [6.07, 6.45) is 6.96. The lowest BCUT2D eigenvalue weighted by Gasteiger charge is -2.42. The molecule has 0 aromatic heterocycles. The number of nitrogens with zero attached hydrogens (tertiary/aromatic N) is 1. The number of nitrogens with one attached hydrogen (secondary N) is 1. The summed E-state index contributed by atoms with van der Waals surface area (Å²) in [5.74, 6) is 0.354. The Labute approximate surface area is 130 Å². The molecular weight excluding hydrogens is 260 g/mol. The van der Waals surface area contributed by atoms with Crippen LogP contribution in [0.1, 0.15) is 80.1 Å². The Morgan fingerprint density at radius 2 is 1.57 bits per heavy atom. The zero-order chi connectivity index (χ0) is 15.8. The maximum atomic E-state index is 13.2. The van der Waals surface area contributed by atoms with E-state index in [2.05, 4.69) is 51.8 Å². The van der Waals surface area contributed by atoms with Gasteiger partial charge >= 0.3 is 0 Å². The summed E-state index contributed by atoms with van der Waals surface area (Å²) in [7, 11) is 0. The minimum atomic E-state index is -0.00796. The average Bonchev–Trinajstić information content (AvgIpc) is 2.72. The van der Waals surface area contributed by atoms with Crippen molar-refractivity contribution in [2.24, 2.45) is 5.41 Å². The quantitative estimate of drug-likeness (QED) is 0.799. The van der Waals surface area contributed by atoms with Gasteiger partial charge in [0.1, 0.15) is 0 Å². The number of fused-ring (bicyclic) bond motifs is 1. The lowest BCUT2D eigenvalue weighted by atomic mass is 9.85. The molecule has 0 radical (unpaired) electrons. The Kier molecular flexibility index (Phi) is 4.72. The minimum absolute atomic E-state index is 0.00394. The zero-order valence-corrected chi connectivity index (χ0v) is 14.8. The van der Waals surface area contributed by atoms with Crippen LogP contribution in [0.5, 0.6) is 0 Å². The zero-order valence-electron chi connectivity index (χ0n) is 14.8. The second kappa shape index (κ2) is 5.91. The Balaban J connectivity index is 2.23. The number of carbonyl (C=O) groups excluding carboxylic acids is 1. The van der Waals surface area contributed by atoms with Gasteiger partial charge in [0.05, 0.1) is 6.04 Å². The number of amides is 1. The smallest absolute Gasteiger partial charge is 0.240 e. The fourth-order valence-electron chi connectivity index (χ4n) is 4.04. The van der Waals surface area contributed by atoms with E-state index in [1.807, 2.05) is 0 Å². The van der Waals surface area contributed by atoms with E-state index < -0.39 is 0 Å². The van der Waals surface area contributed by atoms with Crippen LogP contribution in [0.15, 0.2) is 0 Å². The first-order valence-corrected chi connectivity index (χ1v) is 8.69. The number of carbonyl (C=O) groups is 1. The topological polar surface area (TPSA) is 32.3 Å². The number of hydrogen-bond acceptors (Lipinski definition) is 2. The van der Waals surface area contributed by atoms with Crippen molar-refractivity contribution in [1.29, 1.82) is 0 Å². The van der Waals surface area contributed by atoms with Crippen LogP contribution in [-0.2, 0) is 4.79 Å². The Bertz CT molecular complexity index is 378. The van der Waals surface area contributed by atoms with Gasteiger partial charge in [-0.3, -0.25) is 4.79 Å². The fraction of sp³-hybridized carbons (Fsp3) is 0.944. The van der Waals surface area contributed by atoms with E-state index in [0.717, 1.165) is 6.42 Å². The van der Waals surface area contributed by atoms with Crippen molar-refractivity contribution in [3.05, 3.63) is 0 Å². The normalized spacial score (nSPS) is 31.8. The van der Waals surface area contributed by atoms with Crippen molar-refractivity contribution in [3.8, 4) is 0 Å². The van der Waals surface area contributed by atoms with Crippen LogP contribution in [0, 0.1) is 5.41 Å². The molecule has 2 aliphatic heterocycles. The maximum Gasteiger partial charge on any atom is 0.240 e. The second-order valence-corrected chi connectivity index (χ2v) is 9.09. The maximum absolute atomic E-state index is 13.2. The highest BCUT2D eigenvalue weighted by atomic mass is 16.2. The molecule has 3 atom stereocenters. The van der Waals surface area contributed by atoms with E-state index in [9.17, 15) is 4.79 Å². The SMILES string of the molecule is CC(C)(C)NC1CCCCC2CCC(C(C)(C)C)N2C1=O. The van der Waals surface area contributed by atoms with E-state index >= 15 is 0 Å². The minimum Gasteiger partial charge on any atom is -0.335 e. The van der Waals surface area contributed by atoms with Crippen molar-refractivity contribution < 1.29 is 4.79 Å². The highest BCUT2D eigenvalue weighted by Gasteiger charge is 2.45.